The van der Waals surface area contributed by atoms with Crippen LogP contribution in [0, 0.1) is 0 Å². The van der Waals surface area contributed by atoms with Crippen LogP contribution in [0.25, 0.3) is 0 Å². The molecule has 4 unspecified atom stereocenters. The van der Waals surface area contributed by atoms with Gasteiger partial charge in [-0.05, 0) is 70.2 Å². The lowest BCUT2D eigenvalue weighted by atomic mass is 9.72. The van der Waals surface area contributed by atoms with Gasteiger partial charge in [0.2, 0.25) is 0 Å². The Morgan fingerprint density at radius 1 is 0.605 bits per heavy atom. The van der Waals surface area contributed by atoms with Gasteiger partial charge in [-0.3, -0.25) is 0 Å². The minimum atomic E-state index is -0.157. The molecule has 0 amide bonds. The topological polar surface area (TPSA) is 74.5 Å². The summed E-state index contributed by atoms with van der Waals surface area (Å²) >= 11 is 0. The summed E-state index contributed by atoms with van der Waals surface area (Å²) in [6.45, 7) is 13.3. The number of fused-ring (bicyclic) bond motifs is 4. The average molecular weight is 523 g/mol. The molecule has 0 saturated carbocycles. The van der Waals surface area contributed by atoms with E-state index in [-0.39, 0.29) is 34.6 Å². The molecule has 2 aromatic rings. The fourth-order valence-electron chi connectivity index (χ4n) is 6.86. The van der Waals surface area contributed by atoms with Crippen molar-refractivity contribution in [2.75, 3.05) is 46.8 Å². The second-order valence-electron chi connectivity index (χ2n) is 12.9. The van der Waals surface area contributed by atoms with Crippen molar-refractivity contribution in [3.8, 4) is 23.0 Å². The molecular weight excluding hydrogens is 484 g/mol. The summed E-state index contributed by atoms with van der Waals surface area (Å²) in [5.74, 6) is 3.16. The highest BCUT2D eigenvalue weighted by molar-refractivity contribution is 5.65. The quantitative estimate of drug-likeness (QED) is 0.420. The number of ether oxygens (including phenoxy) is 7. The highest BCUT2D eigenvalue weighted by Gasteiger charge is 2.57. The van der Waals surface area contributed by atoms with Crippen molar-refractivity contribution < 1.29 is 33.2 Å². The third-order valence-corrected chi connectivity index (χ3v) is 8.85. The average Bonchev–Trinajstić information content (AvgIpc) is 3.72. The van der Waals surface area contributed by atoms with Crippen LogP contribution in [0.1, 0.15) is 62.8 Å². The molecule has 4 atom stereocenters. The zero-order chi connectivity index (χ0) is 26.3. The zero-order valence-corrected chi connectivity index (χ0v) is 23.1. The van der Waals surface area contributed by atoms with Crippen LogP contribution >= 0.6 is 0 Å². The van der Waals surface area contributed by atoms with Gasteiger partial charge in [0.25, 0.3) is 0 Å². The lowest BCUT2D eigenvalue weighted by Gasteiger charge is -2.31. The predicted octanol–water partition coefficient (Wildman–Crippen LogP) is 4.68. The number of rotatable bonds is 10. The molecule has 0 radical (unpaired) electrons. The summed E-state index contributed by atoms with van der Waals surface area (Å²) < 4.78 is 40.8. The third-order valence-electron chi connectivity index (χ3n) is 8.85. The molecule has 3 saturated heterocycles. The predicted molar refractivity (Wildman–Crippen MR) is 141 cm³/mol. The van der Waals surface area contributed by atoms with Crippen molar-refractivity contribution in [1.82, 2.24) is 0 Å². The zero-order valence-electron chi connectivity index (χ0n) is 23.1. The van der Waals surface area contributed by atoms with Crippen LogP contribution < -0.4 is 18.9 Å². The number of epoxide rings is 3. The van der Waals surface area contributed by atoms with Crippen LogP contribution in [0.2, 0.25) is 0 Å². The van der Waals surface area contributed by atoms with Gasteiger partial charge in [-0.2, -0.15) is 0 Å². The summed E-state index contributed by atoms with van der Waals surface area (Å²) in [5.41, 5.74) is 5.09. The second kappa shape index (κ2) is 8.51. The highest BCUT2D eigenvalue weighted by Crippen LogP contribution is 2.64. The van der Waals surface area contributed by atoms with Crippen molar-refractivity contribution in [2.45, 2.75) is 75.1 Å². The number of hydrogen-bond acceptors (Lipinski definition) is 7. The van der Waals surface area contributed by atoms with Crippen molar-refractivity contribution in [3.05, 3.63) is 46.5 Å². The molecule has 5 aliphatic rings. The minimum absolute atomic E-state index is 0.0329. The molecule has 7 rings (SSSR count). The van der Waals surface area contributed by atoms with E-state index in [9.17, 15) is 0 Å². The Balaban J connectivity index is 1.33. The normalized spacial score (nSPS) is 30.5. The molecule has 7 heteroatoms. The first-order valence-electron chi connectivity index (χ1n) is 13.8. The first kappa shape index (κ1) is 24.6. The summed E-state index contributed by atoms with van der Waals surface area (Å²) in [7, 11) is 1.72. The van der Waals surface area contributed by atoms with E-state index in [1.165, 1.54) is 22.3 Å². The molecule has 3 aliphatic heterocycles. The lowest BCUT2D eigenvalue weighted by Crippen LogP contribution is -2.27. The first-order chi connectivity index (χ1) is 18.2. The maximum atomic E-state index is 6.33. The molecule has 0 N–H and O–H groups in total. The van der Waals surface area contributed by atoms with Gasteiger partial charge in [0, 0.05) is 5.41 Å². The van der Waals surface area contributed by atoms with Gasteiger partial charge in [0.1, 0.15) is 38.1 Å². The van der Waals surface area contributed by atoms with Crippen molar-refractivity contribution >= 4 is 0 Å². The molecule has 0 bridgehead atoms. The summed E-state index contributed by atoms with van der Waals surface area (Å²) in [4.78, 5) is 0. The van der Waals surface area contributed by atoms with E-state index in [0.717, 1.165) is 55.7 Å². The molecular formula is C31H38O7. The number of methoxy groups -OCH3 is 1. The van der Waals surface area contributed by atoms with E-state index in [2.05, 4.69) is 52.0 Å². The summed E-state index contributed by atoms with van der Waals surface area (Å²) in [6.07, 6.45) is 2.55. The fraction of sp³-hybridized carbons (Fsp3) is 0.613. The van der Waals surface area contributed by atoms with E-state index in [1.807, 2.05) is 0 Å². The second-order valence-corrected chi connectivity index (χ2v) is 12.9. The summed E-state index contributed by atoms with van der Waals surface area (Å²) in [6, 6.07) is 8.92. The van der Waals surface area contributed by atoms with Crippen LogP contribution in [0.5, 0.6) is 23.0 Å². The summed E-state index contributed by atoms with van der Waals surface area (Å²) in [5, 5.41) is 0. The van der Waals surface area contributed by atoms with Crippen molar-refractivity contribution in [1.29, 1.82) is 0 Å². The Morgan fingerprint density at radius 3 is 1.32 bits per heavy atom. The van der Waals surface area contributed by atoms with Gasteiger partial charge in [-0.1, -0.05) is 27.7 Å². The first-order valence-corrected chi connectivity index (χ1v) is 13.8. The molecule has 2 aromatic carbocycles. The van der Waals surface area contributed by atoms with E-state index >= 15 is 0 Å². The Morgan fingerprint density at radius 2 is 0.947 bits per heavy atom. The fourth-order valence-corrected chi connectivity index (χ4v) is 6.86. The van der Waals surface area contributed by atoms with Gasteiger partial charge >= 0.3 is 0 Å². The van der Waals surface area contributed by atoms with Crippen LogP contribution in [0.4, 0.5) is 0 Å². The molecule has 0 aromatic heterocycles. The van der Waals surface area contributed by atoms with Crippen LogP contribution in [-0.2, 0) is 30.5 Å². The molecule has 3 heterocycles. The smallest absolute Gasteiger partial charge is 0.161 e. The molecule has 1 spiro atoms. The molecule has 3 fully saturated rings. The van der Waals surface area contributed by atoms with Crippen molar-refractivity contribution in [3.63, 3.8) is 0 Å². The van der Waals surface area contributed by atoms with Crippen LogP contribution in [-0.4, -0.2) is 65.1 Å². The van der Waals surface area contributed by atoms with Gasteiger partial charge in [-0.15, -0.1) is 0 Å². The monoisotopic (exact) mass is 522 g/mol. The maximum absolute atomic E-state index is 6.33. The van der Waals surface area contributed by atoms with Crippen molar-refractivity contribution in [2.24, 2.45) is 0 Å². The van der Waals surface area contributed by atoms with E-state index in [1.54, 1.807) is 7.11 Å². The van der Waals surface area contributed by atoms with Crippen LogP contribution in [0.15, 0.2) is 24.3 Å². The number of benzene rings is 2. The van der Waals surface area contributed by atoms with Gasteiger partial charge in [0.15, 0.2) is 23.0 Å². The van der Waals surface area contributed by atoms with E-state index in [0.29, 0.717) is 19.8 Å². The Labute approximate surface area is 224 Å². The maximum Gasteiger partial charge on any atom is 0.161 e. The highest BCUT2D eigenvalue weighted by atomic mass is 16.6. The lowest BCUT2D eigenvalue weighted by molar-refractivity contribution is 0.227. The number of hydrogen-bond donors (Lipinski definition) is 0. The molecule has 7 nitrogen and oxygen atoms in total. The van der Waals surface area contributed by atoms with Gasteiger partial charge < -0.3 is 33.2 Å². The standard InChI is InChI=1S/C31H38O7/c1-29(2)16-31(23-8-25(32-5)26(6-21(23)29)36-13-18-10-33-18)17-30(3,4)22-7-27(37-14-19-11-34-19)28(9-24(22)31)38-15-20-12-35-20/h6-9,18-20H,10-17H2,1-5H3. The molecule has 2 aliphatic carbocycles. The molecule has 38 heavy (non-hydrogen) atoms. The van der Waals surface area contributed by atoms with E-state index < -0.39 is 0 Å². The van der Waals surface area contributed by atoms with Crippen LogP contribution in [0.3, 0.4) is 0 Å². The Kier molecular flexibility index (Phi) is 5.50. The minimum Gasteiger partial charge on any atom is -0.493 e. The third kappa shape index (κ3) is 4.23. The Hall–Kier alpha value is -2.48. The largest absolute Gasteiger partial charge is 0.493 e. The van der Waals surface area contributed by atoms with Gasteiger partial charge in [0.05, 0.1) is 26.9 Å². The van der Waals surface area contributed by atoms with E-state index in [4.69, 9.17) is 33.2 Å². The molecule has 204 valence electrons. The Bertz CT molecular complexity index is 1250. The SMILES string of the molecule is COc1cc2c(cc1OCC1CO1)C(C)(C)CC21CC(C)(C)c2cc(OCC3CO3)c(OCC3CO3)cc21. The van der Waals surface area contributed by atoms with Gasteiger partial charge in [-0.25, -0.2) is 0 Å².